The molecule has 0 radical (unpaired) electrons. The Morgan fingerprint density at radius 2 is 1.85 bits per heavy atom. The van der Waals surface area contributed by atoms with Crippen LogP contribution >= 0.6 is 0 Å². The zero-order valence-electron chi connectivity index (χ0n) is 16.4. The summed E-state index contributed by atoms with van der Waals surface area (Å²) in [4.78, 5) is 27.9. The second-order valence-electron chi connectivity index (χ2n) is 7.87. The van der Waals surface area contributed by atoms with Gasteiger partial charge < -0.3 is 9.64 Å². The lowest BCUT2D eigenvalue weighted by atomic mass is 9.94. The van der Waals surface area contributed by atoms with Gasteiger partial charge in [-0.3, -0.25) is 19.8 Å². The molecule has 3 rings (SSSR count). The second kappa shape index (κ2) is 8.35. The minimum Gasteiger partial charge on any atom is -0.372 e. The van der Waals surface area contributed by atoms with Crippen molar-refractivity contribution in [1.29, 1.82) is 0 Å². The van der Waals surface area contributed by atoms with Crippen molar-refractivity contribution in [3.05, 3.63) is 39.4 Å². The number of hydrogen-bond acceptors (Lipinski definition) is 5. The molecular formula is C20H29N3O4. The van der Waals surface area contributed by atoms with E-state index in [9.17, 15) is 14.9 Å². The van der Waals surface area contributed by atoms with Crippen LogP contribution in [0.4, 0.5) is 5.69 Å². The lowest BCUT2D eigenvalue weighted by Crippen LogP contribution is -2.51. The number of carbonyl (C=O) groups excluding carboxylic acids is 1. The van der Waals surface area contributed by atoms with E-state index >= 15 is 0 Å². The number of rotatable bonds is 4. The maximum Gasteiger partial charge on any atom is 0.272 e. The van der Waals surface area contributed by atoms with Crippen LogP contribution < -0.4 is 0 Å². The number of ether oxygens (including phenoxy) is 1. The van der Waals surface area contributed by atoms with Crippen molar-refractivity contribution in [2.24, 2.45) is 5.92 Å². The van der Waals surface area contributed by atoms with Gasteiger partial charge in [-0.1, -0.05) is 12.1 Å². The number of nitro benzene ring substituents is 1. The third-order valence-electron chi connectivity index (χ3n) is 5.68. The van der Waals surface area contributed by atoms with E-state index in [4.69, 9.17) is 4.74 Å². The minimum atomic E-state index is -0.325. The van der Waals surface area contributed by atoms with Gasteiger partial charge in [0.1, 0.15) is 0 Å². The zero-order chi connectivity index (χ0) is 19.6. The lowest BCUT2D eigenvalue weighted by molar-refractivity contribution is -0.385. The molecule has 0 aromatic heterocycles. The average Bonchev–Trinajstić information content (AvgIpc) is 2.62. The topological polar surface area (TPSA) is 75.9 Å². The van der Waals surface area contributed by atoms with E-state index in [1.165, 1.54) is 0 Å². The van der Waals surface area contributed by atoms with Crippen LogP contribution in [-0.4, -0.2) is 59.0 Å². The van der Waals surface area contributed by atoms with Gasteiger partial charge in [-0.05, 0) is 52.3 Å². The Kier molecular flexibility index (Phi) is 6.11. The summed E-state index contributed by atoms with van der Waals surface area (Å²) in [6.07, 6.45) is 1.86. The Morgan fingerprint density at radius 1 is 1.22 bits per heavy atom. The number of nitrogens with zero attached hydrogens (tertiary/aromatic N) is 3. The maximum atomic E-state index is 12.9. The number of morpholine rings is 1. The van der Waals surface area contributed by atoms with Crippen molar-refractivity contribution in [2.75, 3.05) is 26.2 Å². The van der Waals surface area contributed by atoms with Crippen LogP contribution in [0.2, 0.25) is 0 Å². The summed E-state index contributed by atoms with van der Waals surface area (Å²) in [7, 11) is 0. The van der Waals surface area contributed by atoms with Crippen LogP contribution in [0.3, 0.4) is 0 Å². The Balaban J connectivity index is 1.56. The van der Waals surface area contributed by atoms with E-state index in [1.807, 2.05) is 31.7 Å². The molecule has 2 atom stereocenters. The number of nitro groups is 1. The summed E-state index contributed by atoms with van der Waals surface area (Å²) in [5.74, 6) is 0.327. The Bertz CT molecular complexity index is 690. The van der Waals surface area contributed by atoms with Gasteiger partial charge in [0, 0.05) is 37.2 Å². The van der Waals surface area contributed by atoms with Crippen molar-refractivity contribution in [3.63, 3.8) is 0 Å². The van der Waals surface area contributed by atoms with E-state index in [1.54, 1.807) is 12.1 Å². The molecular weight excluding hydrogens is 346 g/mol. The van der Waals surface area contributed by atoms with Gasteiger partial charge in [0.25, 0.3) is 5.69 Å². The summed E-state index contributed by atoms with van der Waals surface area (Å²) in [5.41, 5.74) is 1.90. The lowest BCUT2D eigenvalue weighted by Gasteiger charge is -2.39. The molecule has 2 aliphatic heterocycles. The van der Waals surface area contributed by atoms with Crippen molar-refractivity contribution < 1.29 is 14.5 Å². The van der Waals surface area contributed by atoms with E-state index in [0.717, 1.165) is 37.1 Å². The Hall–Kier alpha value is -1.99. The molecule has 0 N–H and O–H groups in total. The van der Waals surface area contributed by atoms with Gasteiger partial charge in [-0.25, -0.2) is 0 Å². The van der Waals surface area contributed by atoms with E-state index in [-0.39, 0.29) is 34.6 Å². The van der Waals surface area contributed by atoms with Gasteiger partial charge >= 0.3 is 0 Å². The van der Waals surface area contributed by atoms with E-state index in [2.05, 4.69) is 4.90 Å². The summed E-state index contributed by atoms with van der Waals surface area (Å²) in [6.45, 7) is 9.57. The number of likely N-dealkylation sites (tertiary alicyclic amines) is 1. The summed E-state index contributed by atoms with van der Waals surface area (Å²) >= 11 is 0. The molecule has 7 nitrogen and oxygen atoms in total. The van der Waals surface area contributed by atoms with Crippen LogP contribution in [-0.2, 0) is 16.1 Å². The molecule has 0 bridgehead atoms. The molecule has 0 aliphatic carbocycles. The summed E-state index contributed by atoms with van der Waals surface area (Å²) < 4.78 is 5.72. The highest BCUT2D eigenvalue weighted by Crippen LogP contribution is 2.26. The molecule has 2 heterocycles. The molecule has 2 unspecified atom stereocenters. The van der Waals surface area contributed by atoms with Crippen molar-refractivity contribution in [2.45, 2.75) is 52.4 Å². The molecule has 1 aromatic carbocycles. The average molecular weight is 375 g/mol. The molecule has 1 amide bonds. The molecule has 2 aliphatic rings. The van der Waals surface area contributed by atoms with Gasteiger partial charge in [0.2, 0.25) is 5.91 Å². The molecule has 27 heavy (non-hydrogen) atoms. The van der Waals surface area contributed by atoms with Gasteiger partial charge in [-0.15, -0.1) is 0 Å². The van der Waals surface area contributed by atoms with Gasteiger partial charge in [-0.2, -0.15) is 0 Å². The first-order valence-electron chi connectivity index (χ1n) is 9.74. The molecule has 2 saturated heterocycles. The predicted molar refractivity (Wildman–Crippen MR) is 102 cm³/mol. The Labute approximate surface area is 160 Å². The molecule has 2 fully saturated rings. The highest BCUT2D eigenvalue weighted by molar-refractivity contribution is 5.79. The first-order chi connectivity index (χ1) is 12.8. The first-order valence-corrected chi connectivity index (χ1v) is 9.74. The van der Waals surface area contributed by atoms with Gasteiger partial charge in [0.15, 0.2) is 0 Å². The van der Waals surface area contributed by atoms with E-state index in [0.29, 0.717) is 19.6 Å². The number of hydrogen-bond donors (Lipinski definition) is 0. The van der Waals surface area contributed by atoms with Crippen molar-refractivity contribution >= 4 is 11.6 Å². The standard InChI is InChI=1S/C20H29N3O4/c1-14-11-22(12-15(2)27-14)20(24)17-7-9-21(10-8-17)13-18-5-4-6-19(16(18)3)23(25)26/h4-6,14-15,17H,7-13H2,1-3H3. The monoisotopic (exact) mass is 375 g/mol. The van der Waals surface area contributed by atoms with E-state index < -0.39 is 0 Å². The van der Waals surface area contributed by atoms with Crippen molar-refractivity contribution in [3.8, 4) is 0 Å². The smallest absolute Gasteiger partial charge is 0.272 e. The highest BCUT2D eigenvalue weighted by Gasteiger charge is 2.32. The SMILES string of the molecule is Cc1c(CN2CCC(C(=O)N3CC(C)OC(C)C3)CC2)cccc1[N+](=O)[O-]. The van der Waals surface area contributed by atoms with Crippen LogP contribution in [0.1, 0.15) is 37.8 Å². The fraction of sp³-hybridized carbons (Fsp3) is 0.650. The quantitative estimate of drug-likeness (QED) is 0.597. The van der Waals surface area contributed by atoms with Crippen LogP contribution in [0.15, 0.2) is 18.2 Å². The third-order valence-corrected chi connectivity index (χ3v) is 5.68. The van der Waals surface area contributed by atoms with Crippen LogP contribution in [0, 0.1) is 23.0 Å². The molecule has 1 aromatic rings. The number of piperidine rings is 1. The number of benzene rings is 1. The number of amides is 1. The Morgan fingerprint density at radius 3 is 2.44 bits per heavy atom. The fourth-order valence-electron chi connectivity index (χ4n) is 4.23. The largest absolute Gasteiger partial charge is 0.372 e. The minimum absolute atomic E-state index is 0.0740. The van der Waals surface area contributed by atoms with Crippen molar-refractivity contribution in [1.82, 2.24) is 9.80 Å². The molecule has 148 valence electrons. The number of carbonyl (C=O) groups is 1. The molecule has 0 spiro atoms. The normalized spacial score (nSPS) is 24.8. The maximum absolute atomic E-state index is 12.9. The molecule has 7 heteroatoms. The predicted octanol–water partition coefficient (Wildman–Crippen LogP) is 2.75. The van der Waals surface area contributed by atoms with Gasteiger partial charge in [0.05, 0.1) is 17.1 Å². The summed E-state index contributed by atoms with van der Waals surface area (Å²) in [5, 5.41) is 11.1. The third kappa shape index (κ3) is 4.65. The summed E-state index contributed by atoms with van der Waals surface area (Å²) in [6, 6.07) is 5.25. The first kappa shape index (κ1) is 19.8. The zero-order valence-corrected chi connectivity index (χ0v) is 16.4. The highest BCUT2D eigenvalue weighted by atomic mass is 16.6. The van der Waals surface area contributed by atoms with Crippen LogP contribution in [0.5, 0.6) is 0 Å². The van der Waals surface area contributed by atoms with Crippen LogP contribution in [0.25, 0.3) is 0 Å². The second-order valence-corrected chi connectivity index (χ2v) is 7.87. The fourth-order valence-corrected chi connectivity index (χ4v) is 4.23. The molecule has 0 saturated carbocycles.